The number of hydrazone groups is 1. The van der Waals surface area contributed by atoms with E-state index in [1.807, 2.05) is 0 Å². The molecule has 7 nitrogen and oxygen atoms in total. The number of rotatable bonds is 4. The highest BCUT2D eigenvalue weighted by Gasteiger charge is 2.13. The summed E-state index contributed by atoms with van der Waals surface area (Å²) in [6.07, 6.45) is -0.220. The second-order valence-electron chi connectivity index (χ2n) is 4.15. The molecule has 2 N–H and O–H groups in total. The molecule has 1 aromatic rings. The van der Waals surface area contributed by atoms with Gasteiger partial charge in [-0.15, -0.1) is 0 Å². The number of ether oxygens (including phenoxy) is 2. The summed E-state index contributed by atoms with van der Waals surface area (Å²) in [6, 6.07) is 6.68. The maximum atomic E-state index is 11.4. The molecule has 108 valence electrons. The van der Waals surface area contributed by atoms with Crippen LogP contribution in [0.5, 0.6) is 5.75 Å². The predicted octanol–water partition coefficient (Wildman–Crippen LogP) is 0.777. The van der Waals surface area contributed by atoms with Crippen LogP contribution in [0.15, 0.2) is 29.4 Å². The molecule has 7 heteroatoms. The number of amides is 1. The quantitative estimate of drug-likeness (QED) is 0.380. The molecule has 0 bridgehead atoms. The van der Waals surface area contributed by atoms with Gasteiger partial charge in [0.25, 0.3) is 0 Å². The van der Waals surface area contributed by atoms with Gasteiger partial charge in [0, 0.05) is 20.5 Å². The van der Waals surface area contributed by atoms with E-state index >= 15 is 0 Å². The molecule has 0 aliphatic heterocycles. The third-order valence-electron chi connectivity index (χ3n) is 2.44. The summed E-state index contributed by atoms with van der Waals surface area (Å²) in [6.45, 7) is 0. The Labute approximate surface area is 117 Å². The number of carbonyl (C=O) groups is 2. The highest BCUT2D eigenvalue weighted by atomic mass is 16.6. The topological polar surface area (TPSA) is 94.2 Å². The molecule has 0 aliphatic carbocycles. The number of nitrogens with zero attached hydrogens (tertiary/aromatic N) is 2. The summed E-state index contributed by atoms with van der Waals surface area (Å²) in [5, 5.41) is 3.40. The normalized spacial score (nSPS) is 10.8. The van der Waals surface area contributed by atoms with Crippen molar-refractivity contribution in [3.63, 3.8) is 0 Å². The Kier molecular flexibility index (Phi) is 5.52. The van der Waals surface area contributed by atoms with Gasteiger partial charge in [0.05, 0.1) is 7.11 Å². The van der Waals surface area contributed by atoms with Crippen molar-refractivity contribution in [2.24, 2.45) is 10.9 Å². The number of carbonyl (C=O) groups excluding carboxylic acids is 2. The van der Waals surface area contributed by atoms with E-state index in [2.05, 4.69) is 9.84 Å². The SMILES string of the molecule is COC(=O)/C(Cc1ccc(OC(=O)N(C)C)cc1)=N\N. The molecule has 1 rings (SSSR count). The van der Waals surface area contributed by atoms with Crippen molar-refractivity contribution in [3.05, 3.63) is 29.8 Å². The summed E-state index contributed by atoms with van der Waals surface area (Å²) in [7, 11) is 4.45. The molecule has 0 aliphatic rings. The van der Waals surface area contributed by atoms with E-state index in [1.54, 1.807) is 38.4 Å². The first kappa shape index (κ1) is 15.5. The Morgan fingerprint density at radius 2 is 1.85 bits per heavy atom. The first-order valence-corrected chi connectivity index (χ1v) is 5.81. The van der Waals surface area contributed by atoms with Crippen LogP contribution < -0.4 is 10.6 Å². The van der Waals surface area contributed by atoms with Gasteiger partial charge in [-0.2, -0.15) is 5.10 Å². The fourth-order valence-electron chi connectivity index (χ4n) is 1.35. The van der Waals surface area contributed by atoms with Crippen LogP contribution in [0.3, 0.4) is 0 Å². The Morgan fingerprint density at radius 1 is 1.25 bits per heavy atom. The van der Waals surface area contributed by atoms with Gasteiger partial charge in [-0.25, -0.2) is 9.59 Å². The largest absolute Gasteiger partial charge is 0.464 e. The molecule has 20 heavy (non-hydrogen) atoms. The molecule has 1 aromatic carbocycles. The Morgan fingerprint density at radius 3 is 2.30 bits per heavy atom. The average Bonchev–Trinajstić information content (AvgIpc) is 2.45. The van der Waals surface area contributed by atoms with Crippen LogP contribution in [-0.2, 0) is 16.0 Å². The Hall–Kier alpha value is -2.57. The van der Waals surface area contributed by atoms with Gasteiger partial charge in [-0.1, -0.05) is 12.1 Å². The fourth-order valence-corrected chi connectivity index (χ4v) is 1.35. The third kappa shape index (κ3) is 4.27. The van der Waals surface area contributed by atoms with Gasteiger partial charge in [-0.05, 0) is 17.7 Å². The zero-order chi connectivity index (χ0) is 15.1. The van der Waals surface area contributed by atoms with E-state index in [9.17, 15) is 9.59 Å². The minimum atomic E-state index is -0.574. The number of hydrogen-bond acceptors (Lipinski definition) is 6. The second-order valence-corrected chi connectivity index (χ2v) is 4.15. The zero-order valence-corrected chi connectivity index (χ0v) is 11.6. The Balaban J connectivity index is 2.72. The summed E-state index contributed by atoms with van der Waals surface area (Å²) >= 11 is 0. The molecule has 0 unspecified atom stereocenters. The van der Waals surface area contributed by atoms with Crippen molar-refractivity contribution in [2.75, 3.05) is 21.2 Å². The molecular weight excluding hydrogens is 262 g/mol. The van der Waals surface area contributed by atoms with Gasteiger partial charge in [0.15, 0.2) is 0 Å². The molecule has 0 heterocycles. The van der Waals surface area contributed by atoms with Crippen LogP contribution in [0.25, 0.3) is 0 Å². The predicted molar refractivity (Wildman–Crippen MR) is 73.5 cm³/mol. The van der Waals surface area contributed by atoms with Gasteiger partial charge in [-0.3, -0.25) is 0 Å². The van der Waals surface area contributed by atoms with Crippen molar-refractivity contribution in [1.82, 2.24) is 4.90 Å². The standard InChI is InChI=1S/C13H17N3O4/c1-16(2)13(18)20-10-6-4-9(5-7-10)8-11(15-14)12(17)19-3/h4-7H,8,14H2,1-3H3/b15-11-. The maximum absolute atomic E-state index is 11.4. The highest BCUT2D eigenvalue weighted by molar-refractivity contribution is 6.36. The van der Waals surface area contributed by atoms with Gasteiger partial charge < -0.3 is 20.2 Å². The number of benzene rings is 1. The zero-order valence-electron chi connectivity index (χ0n) is 11.6. The second kappa shape index (κ2) is 7.13. The lowest BCUT2D eigenvalue weighted by atomic mass is 10.1. The number of nitrogens with two attached hydrogens (primary N) is 1. The molecular formula is C13H17N3O4. The number of hydrogen-bond donors (Lipinski definition) is 1. The third-order valence-corrected chi connectivity index (χ3v) is 2.44. The van der Waals surface area contributed by atoms with Crippen LogP contribution in [-0.4, -0.2) is 43.9 Å². The molecule has 0 saturated carbocycles. The van der Waals surface area contributed by atoms with Crippen molar-refractivity contribution >= 4 is 17.8 Å². The molecule has 0 atom stereocenters. The summed E-state index contributed by atoms with van der Waals surface area (Å²) < 4.78 is 9.62. The smallest absolute Gasteiger partial charge is 0.414 e. The monoisotopic (exact) mass is 279 g/mol. The minimum absolute atomic E-state index is 0.116. The number of esters is 1. The summed E-state index contributed by atoms with van der Waals surface area (Å²) in [5.41, 5.74) is 0.912. The molecule has 1 amide bonds. The van der Waals surface area contributed by atoms with Crippen LogP contribution in [0.1, 0.15) is 5.56 Å². The van der Waals surface area contributed by atoms with Gasteiger partial charge in [0.1, 0.15) is 11.5 Å². The van der Waals surface area contributed by atoms with E-state index in [1.165, 1.54) is 12.0 Å². The molecule has 0 saturated heterocycles. The van der Waals surface area contributed by atoms with E-state index in [0.29, 0.717) is 5.75 Å². The summed E-state index contributed by atoms with van der Waals surface area (Å²) in [4.78, 5) is 24.0. The van der Waals surface area contributed by atoms with Crippen molar-refractivity contribution < 1.29 is 19.1 Å². The van der Waals surface area contributed by atoms with Crippen molar-refractivity contribution in [2.45, 2.75) is 6.42 Å². The van der Waals surface area contributed by atoms with E-state index in [4.69, 9.17) is 10.6 Å². The first-order chi connectivity index (χ1) is 9.47. The van der Waals surface area contributed by atoms with Crippen LogP contribution >= 0.6 is 0 Å². The Bertz CT molecular complexity index is 509. The number of methoxy groups -OCH3 is 1. The lowest BCUT2D eigenvalue weighted by molar-refractivity contribution is -0.132. The molecule has 0 fully saturated rings. The van der Waals surface area contributed by atoms with Gasteiger partial charge >= 0.3 is 12.1 Å². The van der Waals surface area contributed by atoms with Crippen LogP contribution in [0.2, 0.25) is 0 Å². The molecule has 0 spiro atoms. The maximum Gasteiger partial charge on any atom is 0.414 e. The highest BCUT2D eigenvalue weighted by Crippen LogP contribution is 2.14. The average molecular weight is 279 g/mol. The lowest BCUT2D eigenvalue weighted by Crippen LogP contribution is -2.25. The fraction of sp³-hybridized carbons (Fsp3) is 0.308. The van der Waals surface area contributed by atoms with E-state index < -0.39 is 12.1 Å². The lowest BCUT2D eigenvalue weighted by Gasteiger charge is -2.11. The van der Waals surface area contributed by atoms with Crippen molar-refractivity contribution in [3.8, 4) is 5.75 Å². The minimum Gasteiger partial charge on any atom is -0.464 e. The molecule has 0 aromatic heterocycles. The van der Waals surface area contributed by atoms with Crippen molar-refractivity contribution in [1.29, 1.82) is 0 Å². The molecule has 0 radical (unpaired) electrons. The summed E-state index contributed by atoms with van der Waals surface area (Å²) in [5.74, 6) is 4.98. The van der Waals surface area contributed by atoms with Gasteiger partial charge in [0.2, 0.25) is 0 Å². The van der Waals surface area contributed by atoms with E-state index in [-0.39, 0.29) is 12.1 Å². The van der Waals surface area contributed by atoms with Crippen LogP contribution in [0.4, 0.5) is 4.79 Å². The first-order valence-electron chi connectivity index (χ1n) is 5.81. The van der Waals surface area contributed by atoms with E-state index in [0.717, 1.165) is 5.56 Å². The van der Waals surface area contributed by atoms with Crippen LogP contribution in [0, 0.1) is 0 Å².